The van der Waals surface area contributed by atoms with E-state index in [0.717, 1.165) is 34.8 Å². The van der Waals surface area contributed by atoms with E-state index in [1.165, 1.54) is 18.4 Å². The monoisotopic (exact) mass is 494 g/mol. The summed E-state index contributed by atoms with van der Waals surface area (Å²) in [5.74, 6) is 0.531. The zero-order valence-corrected chi connectivity index (χ0v) is 20.8. The lowest BCUT2D eigenvalue weighted by Crippen LogP contribution is -2.49. The molecular formula is C27H30N2O5S. The predicted octanol–water partition coefficient (Wildman–Crippen LogP) is 4.26. The van der Waals surface area contributed by atoms with E-state index in [4.69, 9.17) is 14.2 Å². The Morgan fingerprint density at radius 3 is 2.40 bits per heavy atom. The second-order valence-electron chi connectivity index (χ2n) is 8.33. The molecule has 184 valence electrons. The van der Waals surface area contributed by atoms with Crippen LogP contribution >= 0.6 is 11.3 Å². The van der Waals surface area contributed by atoms with Crippen LogP contribution in [0.1, 0.15) is 37.3 Å². The van der Waals surface area contributed by atoms with Gasteiger partial charge in [0, 0.05) is 32.7 Å². The van der Waals surface area contributed by atoms with Crippen molar-refractivity contribution in [2.24, 2.45) is 0 Å². The number of thiophene rings is 1. The topological polar surface area (TPSA) is 68.3 Å². The van der Waals surface area contributed by atoms with Crippen molar-refractivity contribution in [1.82, 2.24) is 9.80 Å². The number of esters is 1. The summed E-state index contributed by atoms with van der Waals surface area (Å²) in [6, 6.07) is 19.0. The summed E-state index contributed by atoms with van der Waals surface area (Å²) in [6.45, 7) is 4.06. The first kappa shape index (κ1) is 24.9. The van der Waals surface area contributed by atoms with Gasteiger partial charge in [-0.3, -0.25) is 9.69 Å². The van der Waals surface area contributed by atoms with Crippen LogP contribution in [0.3, 0.4) is 0 Å². The summed E-state index contributed by atoms with van der Waals surface area (Å²) in [5.41, 5.74) is 2.51. The van der Waals surface area contributed by atoms with Crippen molar-refractivity contribution in [3.8, 4) is 5.75 Å². The second-order valence-corrected chi connectivity index (χ2v) is 9.28. The molecule has 1 aliphatic rings. The Bertz CT molecular complexity index is 1110. The third-order valence-corrected chi connectivity index (χ3v) is 6.97. The van der Waals surface area contributed by atoms with Crippen LogP contribution in [-0.2, 0) is 16.1 Å². The van der Waals surface area contributed by atoms with Crippen LogP contribution in [-0.4, -0.2) is 68.6 Å². The minimum atomic E-state index is -0.358. The number of benzene rings is 2. The fourth-order valence-electron chi connectivity index (χ4n) is 4.07. The van der Waals surface area contributed by atoms with Gasteiger partial charge >= 0.3 is 5.97 Å². The second kappa shape index (κ2) is 12.0. The summed E-state index contributed by atoms with van der Waals surface area (Å²) in [6.07, 6.45) is -0.176. The highest BCUT2D eigenvalue weighted by atomic mass is 32.1. The number of hydrogen-bond donors (Lipinski definition) is 0. The van der Waals surface area contributed by atoms with Crippen LogP contribution in [0.25, 0.3) is 0 Å². The van der Waals surface area contributed by atoms with Crippen molar-refractivity contribution < 1.29 is 23.8 Å². The molecule has 0 radical (unpaired) electrons. The Labute approximate surface area is 209 Å². The maximum Gasteiger partial charge on any atom is 0.337 e. The van der Waals surface area contributed by atoms with E-state index < -0.39 is 0 Å². The van der Waals surface area contributed by atoms with Crippen LogP contribution in [0, 0.1) is 0 Å². The van der Waals surface area contributed by atoms with Crippen molar-refractivity contribution in [1.29, 1.82) is 0 Å². The number of carbonyl (C=O) groups is 2. The molecular weight excluding hydrogens is 464 g/mol. The zero-order chi connectivity index (χ0) is 24.6. The molecule has 0 aliphatic carbocycles. The van der Waals surface area contributed by atoms with Gasteiger partial charge in [0.05, 0.1) is 37.4 Å². The van der Waals surface area contributed by atoms with E-state index in [-0.39, 0.29) is 18.0 Å². The van der Waals surface area contributed by atoms with Crippen LogP contribution in [0.15, 0.2) is 66.0 Å². The molecule has 1 aromatic heterocycles. The number of hydrogen-bond acceptors (Lipinski definition) is 7. The number of carbonyl (C=O) groups excluding carboxylic acids is 2. The maximum absolute atomic E-state index is 12.7. The van der Waals surface area contributed by atoms with Gasteiger partial charge in [0.25, 0.3) is 5.91 Å². The van der Waals surface area contributed by atoms with E-state index in [2.05, 4.69) is 4.90 Å². The Hall–Kier alpha value is -3.20. The third-order valence-electron chi connectivity index (χ3n) is 6.11. The smallest absolute Gasteiger partial charge is 0.337 e. The fraction of sp³-hybridized carbons (Fsp3) is 0.333. The quantitative estimate of drug-likeness (QED) is 0.414. The average molecular weight is 495 g/mol. The molecule has 8 heteroatoms. The van der Waals surface area contributed by atoms with Gasteiger partial charge in [-0.2, -0.15) is 0 Å². The molecule has 4 rings (SSSR count). The highest BCUT2D eigenvalue weighted by Crippen LogP contribution is 2.25. The molecule has 0 N–H and O–H groups in total. The summed E-state index contributed by atoms with van der Waals surface area (Å²) in [5, 5.41) is 1.93. The Morgan fingerprint density at radius 2 is 1.74 bits per heavy atom. The van der Waals surface area contributed by atoms with E-state index in [1.807, 2.05) is 58.8 Å². The molecule has 2 heterocycles. The molecule has 1 amide bonds. The summed E-state index contributed by atoms with van der Waals surface area (Å²) in [4.78, 5) is 29.4. The van der Waals surface area contributed by atoms with Gasteiger partial charge in [-0.1, -0.05) is 30.3 Å². The van der Waals surface area contributed by atoms with Gasteiger partial charge in [-0.05, 0) is 46.8 Å². The normalized spacial score (nSPS) is 15.0. The van der Waals surface area contributed by atoms with E-state index in [9.17, 15) is 9.59 Å². The zero-order valence-electron chi connectivity index (χ0n) is 20.0. The highest BCUT2D eigenvalue weighted by molar-refractivity contribution is 7.12. The fourth-order valence-corrected chi connectivity index (χ4v) is 4.76. The van der Waals surface area contributed by atoms with Gasteiger partial charge in [0.1, 0.15) is 5.75 Å². The van der Waals surface area contributed by atoms with Gasteiger partial charge in [-0.15, -0.1) is 11.3 Å². The number of nitrogens with zero attached hydrogens (tertiary/aromatic N) is 2. The third kappa shape index (κ3) is 6.48. The van der Waals surface area contributed by atoms with Crippen LogP contribution in [0.5, 0.6) is 5.75 Å². The van der Waals surface area contributed by atoms with Crippen molar-refractivity contribution in [3.63, 3.8) is 0 Å². The van der Waals surface area contributed by atoms with E-state index in [1.54, 1.807) is 19.2 Å². The number of rotatable bonds is 9. The first-order valence-electron chi connectivity index (χ1n) is 11.6. The standard InChI is InChI=1S/C27H30N2O5S/c1-32-23-6-3-5-22(17-23)24(34-19-20-8-10-21(11-9-20)27(31)33-2)18-28-12-14-29(15-13-28)26(30)25-7-4-16-35-25/h3-11,16-17,24H,12-15,18-19H2,1-2H3/t24-/m0/s1. The van der Waals surface area contributed by atoms with Crippen molar-refractivity contribution in [2.75, 3.05) is 46.9 Å². The summed E-state index contributed by atoms with van der Waals surface area (Å²) < 4.78 is 16.6. The molecule has 1 aliphatic heterocycles. The van der Waals surface area contributed by atoms with Crippen LogP contribution < -0.4 is 4.74 Å². The molecule has 1 saturated heterocycles. The van der Waals surface area contributed by atoms with Crippen molar-refractivity contribution in [3.05, 3.63) is 87.6 Å². The first-order valence-corrected chi connectivity index (χ1v) is 12.4. The van der Waals surface area contributed by atoms with E-state index >= 15 is 0 Å². The first-order chi connectivity index (χ1) is 17.1. The van der Waals surface area contributed by atoms with Crippen molar-refractivity contribution in [2.45, 2.75) is 12.7 Å². The summed E-state index contributed by atoms with van der Waals surface area (Å²) >= 11 is 1.48. The molecule has 0 spiro atoms. The maximum atomic E-state index is 12.7. The highest BCUT2D eigenvalue weighted by Gasteiger charge is 2.25. The molecule has 1 fully saturated rings. The number of ether oxygens (including phenoxy) is 3. The van der Waals surface area contributed by atoms with Crippen molar-refractivity contribution >= 4 is 23.2 Å². The van der Waals surface area contributed by atoms with Gasteiger partial charge < -0.3 is 19.1 Å². The van der Waals surface area contributed by atoms with Gasteiger partial charge in [0.15, 0.2) is 0 Å². The van der Waals surface area contributed by atoms with E-state index in [0.29, 0.717) is 31.8 Å². The molecule has 1 atom stereocenters. The lowest BCUT2D eigenvalue weighted by molar-refractivity contribution is 0.00337. The van der Waals surface area contributed by atoms with Crippen LogP contribution in [0.4, 0.5) is 0 Å². The average Bonchev–Trinajstić information content (AvgIpc) is 3.46. The molecule has 0 bridgehead atoms. The Balaban J connectivity index is 1.40. The van der Waals surface area contributed by atoms with Gasteiger partial charge in [0.2, 0.25) is 0 Å². The SMILES string of the molecule is COC(=O)c1ccc(CO[C@@H](CN2CCN(C(=O)c3cccs3)CC2)c2cccc(OC)c2)cc1. The Kier molecular flexibility index (Phi) is 8.52. The largest absolute Gasteiger partial charge is 0.497 e. The molecule has 7 nitrogen and oxygen atoms in total. The van der Waals surface area contributed by atoms with Gasteiger partial charge in [-0.25, -0.2) is 4.79 Å². The predicted molar refractivity (Wildman–Crippen MR) is 135 cm³/mol. The molecule has 2 aromatic carbocycles. The molecule has 35 heavy (non-hydrogen) atoms. The lowest BCUT2D eigenvalue weighted by atomic mass is 10.1. The lowest BCUT2D eigenvalue weighted by Gasteiger charge is -2.36. The van der Waals surface area contributed by atoms with Crippen LogP contribution in [0.2, 0.25) is 0 Å². The minimum Gasteiger partial charge on any atom is -0.497 e. The molecule has 0 saturated carbocycles. The Morgan fingerprint density at radius 1 is 0.971 bits per heavy atom. The number of piperazine rings is 1. The molecule has 0 unspecified atom stereocenters. The number of amides is 1. The molecule has 3 aromatic rings. The summed E-state index contributed by atoms with van der Waals surface area (Å²) in [7, 11) is 3.03. The number of methoxy groups -OCH3 is 2. The minimum absolute atomic E-state index is 0.107.